The number of fused-ring (bicyclic) bond motifs is 3. The smallest absolute Gasteiger partial charge is 0.162 e. The highest BCUT2D eigenvalue weighted by molar-refractivity contribution is 6.33. The zero-order valence-electron chi connectivity index (χ0n) is 14.3. The van der Waals surface area contributed by atoms with Crippen LogP contribution >= 0.6 is 0 Å². The Hall–Kier alpha value is -3.25. The van der Waals surface area contributed by atoms with Crippen LogP contribution in [0, 0.1) is 32.1 Å². The fourth-order valence-corrected chi connectivity index (χ4v) is 4.07. The van der Waals surface area contributed by atoms with Gasteiger partial charge in [-0.2, -0.15) is 5.26 Å². The van der Waals surface area contributed by atoms with Crippen LogP contribution in [0.2, 0.25) is 0 Å². The van der Waals surface area contributed by atoms with E-state index in [0.29, 0.717) is 11.4 Å². The fraction of sp³-hybridized carbons (Fsp3) is 0.136. The van der Waals surface area contributed by atoms with E-state index in [1.54, 1.807) is 0 Å². The number of nitrogens with zero attached hydrogens (tertiary/aromatic N) is 3. The fourth-order valence-electron chi connectivity index (χ4n) is 4.07. The molecule has 0 bridgehead atoms. The summed E-state index contributed by atoms with van der Waals surface area (Å²) in [7, 11) is 0. The topological polar surface area (TPSA) is 49.6 Å². The molecule has 0 spiro atoms. The van der Waals surface area contributed by atoms with E-state index in [2.05, 4.69) is 61.3 Å². The van der Waals surface area contributed by atoms with Crippen molar-refractivity contribution in [1.29, 1.82) is 5.26 Å². The Labute approximate surface area is 144 Å². The molecule has 4 aromatic carbocycles. The Morgan fingerprint density at radius 2 is 1.20 bits per heavy atom. The van der Waals surface area contributed by atoms with Gasteiger partial charge in [0, 0.05) is 10.8 Å². The van der Waals surface area contributed by atoms with Gasteiger partial charge in [-0.1, -0.05) is 36.4 Å². The van der Waals surface area contributed by atoms with Crippen LogP contribution in [0.25, 0.3) is 43.4 Å². The second-order valence-corrected chi connectivity index (χ2v) is 6.67. The van der Waals surface area contributed by atoms with Crippen molar-refractivity contribution in [2.24, 2.45) is 0 Å². The Morgan fingerprint density at radius 3 is 1.72 bits per heavy atom. The predicted molar refractivity (Wildman–Crippen MR) is 102 cm³/mol. The van der Waals surface area contributed by atoms with Crippen LogP contribution in [0.5, 0.6) is 0 Å². The van der Waals surface area contributed by atoms with E-state index >= 15 is 0 Å². The maximum absolute atomic E-state index is 9.39. The second-order valence-electron chi connectivity index (χ2n) is 6.67. The van der Waals surface area contributed by atoms with Gasteiger partial charge in [-0.05, 0) is 53.4 Å². The van der Waals surface area contributed by atoms with Gasteiger partial charge in [-0.25, -0.2) is 9.97 Å². The summed E-state index contributed by atoms with van der Waals surface area (Å²) in [5.41, 5.74) is 5.38. The summed E-state index contributed by atoms with van der Waals surface area (Å²) in [5.74, 6) is 0. The number of rotatable bonds is 0. The molecule has 0 fully saturated rings. The second kappa shape index (κ2) is 4.64. The zero-order valence-corrected chi connectivity index (χ0v) is 14.3. The third-order valence-electron chi connectivity index (χ3n) is 5.44. The minimum atomic E-state index is 0.398. The average molecular weight is 321 g/mol. The van der Waals surface area contributed by atoms with Crippen LogP contribution in [0.1, 0.15) is 22.5 Å². The molecule has 1 aromatic heterocycles. The third-order valence-corrected chi connectivity index (χ3v) is 5.44. The summed E-state index contributed by atoms with van der Waals surface area (Å²) < 4.78 is 0. The first kappa shape index (κ1) is 14.1. The molecule has 0 aliphatic rings. The van der Waals surface area contributed by atoms with Crippen molar-refractivity contribution in [2.45, 2.75) is 20.8 Å². The maximum Gasteiger partial charge on any atom is 0.162 e. The van der Waals surface area contributed by atoms with Crippen molar-refractivity contribution in [3.8, 4) is 6.07 Å². The molecule has 118 valence electrons. The quantitative estimate of drug-likeness (QED) is 0.286. The first-order chi connectivity index (χ1) is 12.1. The summed E-state index contributed by atoms with van der Waals surface area (Å²) in [5, 5.41) is 16.6. The van der Waals surface area contributed by atoms with Gasteiger partial charge < -0.3 is 0 Å². The molecule has 3 nitrogen and oxygen atoms in total. The van der Waals surface area contributed by atoms with Gasteiger partial charge in [0.05, 0.1) is 16.7 Å². The van der Waals surface area contributed by atoms with Crippen LogP contribution in [0.15, 0.2) is 36.4 Å². The third kappa shape index (κ3) is 1.64. The number of nitriles is 1. The Balaban J connectivity index is 2.25. The Bertz CT molecular complexity index is 1370. The molecule has 25 heavy (non-hydrogen) atoms. The molecule has 0 unspecified atom stereocenters. The molecule has 3 heteroatoms. The summed E-state index contributed by atoms with van der Waals surface area (Å²) in [6.45, 7) is 6.21. The molecule has 5 rings (SSSR count). The van der Waals surface area contributed by atoms with E-state index in [1.807, 2.05) is 6.92 Å². The lowest BCUT2D eigenvalue weighted by Gasteiger charge is -2.18. The summed E-state index contributed by atoms with van der Waals surface area (Å²) >= 11 is 0. The van der Waals surface area contributed by atoms with Gasteiger partial charge >= 0.3 is 0 Å². The number of hydrogen-bond acceptors (Lipinski definition) is 3. The van der Waals surface area contributed by atoms with Gasteiger partial charge in [0.15, 0.2) is 5.69 Å². The molecule has 0 aliphatic carbocycles. The van der Waals surface area contributed by atoms with Gasteiger partial charge in [-0.15, -0.1) is 0 Å². The van der Waals surface area contributed by atoms with Gasteiger partial charge in [-0.3, -0.25) is 0 Å². The van der Waals surface area contributed by atoms with Gasteiger partial charge in [0.25, 0.3) is 0 Å². The highest BCUT2D eigenvalue weighted by Gasteiger charge is 2.18. The summed E-state index contributed by atoms with van der Waals surface area (Å²) in [4.78, 5) is 9.43. The molecule has 0 saturated heterocycles. The average Bonchev–Trinajstić information content (AvgIpc) is 2.64. The summed E-state index contributed by atoms with van der Waals surface area (Å²) in [6.07, 6.45) is 0. The van der Waals surface area contributed by atoms with E-state index in [-0.39, 0.29) is 0 Å². The van der Waals surface area contributed by atoms with E-state index in [0.717, 1.165) is 21.8 Å². The minimum absolute atomic E-state index is 0.398. The highest BCUT2D eigenvalue weighted by Crippen LogP contribution is 2.42. The number of aryl methyl sites for hydroxylation is 3. The van der Waals surface area contributed by atoms with E-state index in [1.165, 1.54) is 32.7 Å². The molecule has 1 heterocycles. The van der Waals surface area contributed by atoms with Crippen LogP contribution in [-0.2, 0) is 0 Å². The monoisotopic (exact) mass is 321 g/mol. The first-order valence-corrected chi connectivity index (χ1v) is 8.36. The van der Waals surface area contributed by atoms with Crippen molar-refractivity contribution < 1.29 is 0 Å². The largest absolute Gasteiger partial charge is 0.248 e. The highest BCUT2D eigenvalue weighted by atomic mass is 14.8. The lowest BCUT2D eigenvalue weighted by molar-refractivity contribution is 1.16. The Kier molecular flexibility index (Phi) is 2.62. The number of hydrogen-bond donors (Lipinski definition) is 0. The molecular weight excluding hydrogens is 306 g/mol. The molecular formula is C22H15N3. The zero-order chi connectivity index (χ0) is 17.3. The van der Waals surface area contributed by atoms with Crippen molar-refractivity contribution in [3.63, 3.8) is 0 Å². The van der Waals surface area contributed by atoms with E-state index in [9.17, 15) is 5.26 Å². The van der Waals surface area contributed by atoms with E-state index < -0.39 is 0 Å². The normalized spacial score (nSPS) is 11.8. The standard InChI is InChI=1S/C22H15N3/c1-11-12(2)15-7-5-9-17-20(15)19-14(11)6-4-8-16(19)21-22(17)25-18(10-23)13(3)24-21/h4-9H,1-3H3. The summed E-state index contributed by atoms with van der Waals surface area (Å²) in [6, 6.07) is 14.9. The molecule has 0 N–H and O–H groups in total. The predicted octanol–water partition coefficient (Wildman–Crippen LogP) is 5.32. The van der Waals surface area contributed by atoms with Crippen molar-refractivity contribution in [1.82, 2.24) is 9.97 Å². The molecule has 0 radical (unpaired) electrons. The molecule has 5 aromatic rings. The van der Waals surface area contributed by atoms with Crippen molar-refractivity contribution in [2.75, 3.05) is 0 Å². The minimum Gasteiger partial charge on any atom is -0.248 e. The Morgan fingerprint density at radius 1 is 0.720 bits per heavy atom. The lowest BCUT2D eigenvalue weighted by atomic mass is 9.87. The molecule has 0 amide bonds. The SMILES string of the molecule is Cc1nc2c3cccc4c(C)c(C)c5cccc(c2nc1C#N)c5c43. The van der Waals surface area contributed by atoms with Crippen molar-refractivity contribution in [3.05, 3.63) is 58.9 Å². The van der Waals surface area contributed by atoms with Crippen LogP contribution in [-0.4, -0.2) is 9.97 Å². The van der Waals surface area contributed by atoms with Gasteiger partial charge in [0.2, 0.25) is 0 Å². The van der Waals surface area contributed by atoms with E-state index in [4.69, 9.17) is 4.98 Å². The number of benzene rings is 4. The maximum atomic E-state index is 9.39. The first-order valence-electron chi connectivity index (χ1n) is 8.36. The van der Waals surface area contributed by atoms with Crippen LogP contribution < -0.4 is 0 Å². The molecule has 0 saturated carbocycles. The van der Waals surface area contributed by atoms with Crippen LogP contribution in [0.4, 0.5) is 0 Å². The van der Waals surface area contributed by atoms with Gasteiger partial charge in [0.1, 0.15) is 6.07 Å². The number of aromatic nitrogens is 2. The van der Waals surface area contributed by atoms with Crippen LogP contribution in [0.3, 0.4) is 0 Å². The lowest BCUT2D eigenvalue weighted by Crippen LogP contribution is -1.98. The molecule has 0 aliphatic heterocycles. The molecule has 0 atom stereocenters. The van der Waals surface area contributed by atoms with Crippen molar-refractivity contribution >= 4 is 43.4 Å².